The Hall–Kier alpha value is -2.05. The lowest BCUT2D eigenvalue weighted by Gasteiger charge is -2.07. The largest absolute Gasteiger partial charge is 0.340 e. The predicted octanol–water partition coefficient (Wildman–Crippen LogP) is 3.66. The summed E-state index contributed by atoms with van der Waals surface area (Å²) in [6.45, 7) is 1.95. The lowest BCUT2D eigenvalue weighted by Crippen LogP contribution is -1.95. The molecule has 1 N–H and O–H groups in total. The molecule has 0 spiro atoms. The highest BCUT2D eigenvalue weighted by atomic mass is 35.5. The Balaban J connectivity index is 2.25. The van der Waals surface area contributed by atoms with E-state index in [4.69, 9.17) is 16.9 Å². The molecule has 0 atom stereocenters. The lowest BCUT2D eigenvalue weighted by atomic mass is 10.2. The molecule has 0 amide bonds. The first-order chi connectivity index (χ1) is 8.19. The standard InChI is InChI=1S/C13H10ClN3/c1-9-5-6-10(7-12(9)14)16-13-4-2-3-11(8-15)17-13/h2-7H,1H3,(H,16,17). The van der Waals surface area contributed by atoms with Crippen molar-refractivity contribution in [3.05, 3.63) is 52.7 Å². The highest BCUT2D eigenvalue weighted by Crippen LogP contribution is 2.22. The molecule has 1 aromatic heterocycles. The lowest BCUT2D eigenvalue weighted by molar-refractivity contribution is 1.25. The van der Waals surface area contributed by atoms with Gasteiger partial charge in [-0.1, -0.05) is 23.7 Å². The molecule has 0 aliphatic carbocycles. The van der Waals surface area contributed by atoms with Gasteiger partial charge in [0.2, 0.25) is 0 Å². The van der Waals surface area contributed by atoms with Gasteiger partial charge in [0.25, 0.3) is 0 Å². The summed E-state index contributed by atoms with van der Waals surface area (Å²) >= 11 is 6.03. The van der Waals surface area contributed by atoms with Crippen LogP contribution in [0.1, 0.15) is 11.3 Å². The number of hydrogen-bond donors (Lipinski definition) is 1. The van der Waals surface area contributed by atoms with Crippen LogP contribution in [0, 0.1) is 18.3 Å². The van der Waals surface area contributed by atoms with Crippen LogP contribution in [0.2, 0.25) is 5.02 Å². The number of aromatic nitrogens is 1. The summed E-state index contributed by atoms with van der Waals surface area (Å²) in [5.41, 5.74) is 2.26. The summed E-state index contributed by atoms with van der Waals surface area (Å²) in [6, 6.07) is 12.9. The SMILES string of the molecule is Cc1ccc(Nc2cccc(C#N)n2)cc1Cl. The highest BCUT2D eigenvalue weighted by Gasteiger charge is 2.00. The van der Waals surface area contributed by atoms with Crippen molar-refractivity contribution in [2.75, 3.05) is 5.32 Å². The molecule has 4 heteroatoms. The zero-order chi connectivity index (χ0) is 12.3. The van der Waals surface area contributed by atoms with E-state index in [1.165, 1.54) is 0 Å². The molecule has 84 valence electrons. The van der Waals surface area contributed by atoms with Crippen molar-refractivity contribution in [1.29, 1.82) is 5.26 Å². The van der Waals surface area contributed by atoms with Crippen molar-refractivity contribution < 1.29 is 0 Å². The van der Waals surface area contributed by atoms with Gasteiger partial charge in [0, 0.05) is 10.7 Å². The van der Waals surface area contributed by atoms with Gasteiger partial charge in [0.05, 0.1) is 0 Å². The maximum absolute atomic E-state index is 8.75. The minimum absolute atomic E-state index is 0.383. The van der Waals surface area contributed by atoms with Crippen LogP contribution in [0.25, 0.3) is 0 Å². The van der Waals surface area contributed by atoms with Gasteiger partial charge in [-0.25, -0.2) is 4.98 Å². The van der Waals surface area contributed by atoms with Crippen molar-refractivity contribution in [2.24, 2.45) is 0 Å². The number of benzene rings is 1. The van der Waals surface area contributed by atoms with Crippen LogP contribution in [0.4, 0.5) is 11.5 Å². The van der Waals surface area contributed by atoms with Crippen LogP contribution >= 0.6 is 11.6 Å². The second kappa shape index (κ2) is 4.86. The number of rotatable bonds is 2. The Bertz CT molecular complexity index is 587. The zero-order valence-corrected chi connectivity index (χ0v) is 9.99. The van der Waals surface area contributed by atoms with E-state index in [0.717, 1.165) is 11.3 Å². The first kappa shape index (κ1) is 11.4. The summed E-state index contributed by atoms with van der Waals surface area (Å²) in [5, 5.41) is 12.5. The van der Waals surface area contributed by atoms with E-state index in [9.17, 15) is 0 Å². The summed E-state index contributed by atoms with van der Waals surface area (Å²) < 4.78 is 0. The second-order valence-electron chi connectivity index (χ2n) is 3.61. The quantitative estimate of drug-likeness (QED) is 0.876. The number of hydrogen-bond acceptors (Lipinski definition) is 3. The molecule has 2 rings (SSSR count). The molecule has 1 aromatic carbocycles. The van der Waals surface area contributed by atoms with Gasteiger partial charge >= 0.3 is 0 Å². The van der Waals surface area contributed by atoms with E-state index >= 15 is 0 Å². The summed E-state index contributed by atoms with van der Waals surface area (Å²) in [6.07, 6.45) is 0. The number of anilines is 2. The van der Waals surface area contributed by atoms with E-state index < -0.39 is 0 Å². The Morgan fingerprint density at radius 2 is 2.12 bits per heavy atom. The molecule has 2 aromatic rings. The molecule has 0 saturated carbocycles. The maximum Gasteiger partial charge on any atom is 0.142 e. The van der Waals surface area contributed by atoms with Crippen LogP contribution in [0.3, 0.4) is 0 Å². The summed E-state index contributed by atoms with van der Waals surface area (Å²) in [5.74, 6) is 0.629. The van der Waals surface area contributed by atoms with E-state index in [2.05, 4.69) is 10.3 Å². The maximum atomic E-state index is 8.75. The fourth-order valence-corrected chi connectivity index (χ4v) is 1.57. The monoisotopic (exact) mass is 243 g/mol. The fraction of sp³-hybridized carbons (Fsp3) is 0.0769. The molecule has 0 unspecified atom stereocenters. The average Bonchev–Trinajstić information content (AvgIpc) is 2.34. The Morgan fingerprint density at radius 1 is 1.29 bits per heavy atom. The molecular weight excluding hydrogens is 234 g/mol. The van der Waals surface area contributed by atoms with Gasteiger partial charge in [-0.2, -0.15) is 5.26 Å². The predicted molar refractivity (Wildman–Crippen MR) is 68.4 cm³/mol. The smallest absolute Gasteiger partial charge is 0.142 e. The first-order valence-corrected chi connectivity index (χ1v) is 5.47. The molecule has 0 saturated heterocycles. The molecule has 0 bridgehead atoms. The van der Waals surface area contributed by atoms with E-state index in [-0.39, 0.29) is 0 Å². The average molecular weight is 244 g/mol. The first-order valence-electron chi connectivity index (χ1n) is 5.09. The molecule has 1 heterocycles. The number of aryl methyl sites for hydroxylation is 1. The number of halogens is 1. The van der Waals surface area contributed by atoms with Gasteiger partial charge < -0.3 is 5.32 Å². The van der Waals surface area contributed by atoms with Gasteiger partial charge in [-0.15, -0.1) is 0 Å². The van der Waals surface area contributed by atoms with Crippen LogP contribution in [0.5, 0.6) is 0 Å². The van der Waals surface area contributed by atoms with E-state index in [0.29, 0.717) is 16.5 Å². The minimum atomic E-state index is 0.383. The van der Waals surface area contributed by atoms with Crippen LogP contribution in [-0.4, -0.2) is 4.98 Å². The van der Waals surface area contributed by atoms with Crippen molar-refractivity contribution in [1.82, 2.24) is 4.98 Å². The molecule has 0 aliphatic heterocycles. The van der Waals surface area contributed by atoms with E-state index in [1.54, 1.807) is 18.2 Å². The molecule has 3 nitrogen and oxygen atoms in total. The van der Waals surface area contributed by atoms with Gasteiger partial charge in [-0.05, 0) is 36.8 Å². The third kappa shape index (κ3) is 2.74. The molecule has 0 aliphatic rings. The minimum Gasteiger partial charge on any atom is -0.340 e. The highest BCUT2D eigenvalue weighted by molar-refractivity contribution is 6.31. The number of pyridine rings is 1. The Labute approximate surface area is 105 Å². The molecular formula is C13H10ClN3. The number of nitrogens with zero attached hydrogens (tertiary/aromatic N) is 2. The van der Waals surface area contributed by atoms with Crippen LogP contribution in [0.15, 0.2) is 36.4 Å². The van der Waals surface area contributed by atoms with Crippen molar-refractivity contribution >= 4 is 23.1 Å². The molecule has 0 radical (unpaired) electrons. The molecule has 0 fully saturated rings. The molecule has 17 heavy (non-hydrogen) atoms. The fourth-order valence-electron chi connectivity index (χ4n) is 1.39. The van der Waals surface area contributed by atoms with Crippen LogP contribution < -0.4 is 5.32 Å². The second-order valence-corrected chi connectivity index (χ2v) is 4.02. The Kier molecular flexibility index (Phi) is 3.27. The third-order valence-corrected chi connectivity index (χ3v) is 2.72. The van der Waals surface area contributed by atoms with Gasteiger partial charge in [0.1, 0.15) is 17.6 Å². The topological polar surface area (TPSA) is 48.7 Å². The number of nitriles is 1. The van der Waals surface area contributed by atoms with Crippen molar-refractivity contribution in [3.8, 4) is 6.07 Å². The normalized spacial score (nSPS) is 9.71. The van der Waals surface area contributed by atoms with Gasteiger partial charge in [0.15, 0.2) is 0 Å². The van der Waals surface area contributed by atoms with Gasteiger partial charge in [-0.3, -0.25) is 0 Å². The van der Waals surface area contributed by atoms with Crippen molar-refractivity contribution in [3.63, 3.8) is 0 Å². The summed E-state index contributed by atoms with van der Waals surface area (Å²) in [7, 11) is 0. The Morgan fingerprint density at radius 3 is 2.82 bits per heavy atom. The third-order valence-electron chi connectivity index (χ3n) is 2.31. The number of nitrogens with one attached hydrogen (secondary N) is 1. The van der Waals surface area contributed by atoms with Crippen LogP contribution in [-0.2, 0) is 0 Å². The summed E-state index contributed by atoms with van der Waals surface area (Å²) in [4.78, 5) is 4.12. The van der Waals surface area contributed by atoms with E-state index in [1.807, 2.05) is 31.2 Å². The van der Waals surface area contributed by atoms with Crippen molar-refractivity contribution in [2.45, 2.75) is 6.92 Å². The zero-order valence-electron chi connectivity index (χ0n) is 9.24.